The van der Waals surface area contributed by atoms with Crippen LogP contribution >= 0.6 is 11.8 Å². The molecule has 0 bridgehead atoms. The number of hydrogen-bond acceptors (Lipinski definition) is 4. The van der Waals surface area contributed by atoms with Crippen LogP contribution in [0.15, 0.2) is 17.0 Å². The molecule has 20 heavy (non-hydrogen) atoms. The second-order valence-corrected chi connectivity index (χ2v) is 4.79. The molecule has 108 valence electrons. The Morgan fingerprint density at radius 1 is 1.40 bits per heavy atom. The summed E-state index contributed by atoms with van der Waals surface area (Å²) in [6, 6.07) is 4.50. The van der Waals surface area contributed by atoms with Crippen LogP contribution in [0.25, 0.3) is 0 Å². The number of esters is 1. The van der Waals surface area contributed by atoms with Crippen molar-refractivity contribution in [1.29, 1.82) is 5.26 Å². The Labute approximate surface area is 118 Å². The van der Waals surface area contributed by atoms with Gasteiger partial charge in [0.1, 0.15) is 6.07 Å². The van der Waals surface area contributed by atoms with Crippen molar-refractivity contribution in [3.05, 3.63) is 28.8 Å². The quantitative estimate of drug-likeness (QED) is 0.625. The summed E-state index contributed by atoms with van der Waals surface area (Å²) in [5.74, 6) is -0.911. The molecule has 0 saturated carbocycles. The summed E-state index contributed by atoms with van der Waals surface area (Å²) in [5.41, 5.74) is -4.61. The van der Waals surface area contributed by atoms with Crippen molar-refractivity contribution in [2.75, 3.05) is 6.61 Å². The molecule has 0 spiro atoms. The molecule has 0 saturated heterocycles. The van der Waals surface area contributed by atoms with E-state index in [0.29, 0.717) is 12.0 Å². The van der Waals surface area contributed by atoms with Crippen LogP contribution < -0.4 is 0 Å². The second kappa shape index (κ2) is 6.66. The summed E-state index contributed by atoms with van der Waals surface area (Å²) >= 11 is -0.390. The van der Waals surface area contributed by atoms with Crippen molar-refractivity contribution in [2.45, 2.75) is 30.7 Å². The third-order valence-corrected chi connectivity index (χ3v) is 3.34. The molecule has 0 aromatic heterocycles. The van der Waals surface area contributed by atoms with Crippen molar-refractivity contribution in [1.82, 2.24) is 0 Å². The lowest BCUT2D eigenvalue weighted by Crippen LogP contribution is -2.12. The Balaban J connectivity index is 3.49. The number of carbonyl (C=O) groups excluding carboxylic acids is 1. The molecule has 0 aliphatic heterocycles. The molecular weight excluding hydrogens is 291 g/mol. The van der Waals surface area contributed by atoms with Crippen molar-refractivity contribution in [3.63, 3.8) is 0 Å². The van der Waals surface area contributed by atoms with E-state index in [0.717, 1.165) is 0 Å². The van der Waals surface area contributed by atoms with E-state index in [9.17, 15) is 18.0 Å². The number of nitrogens with zero attached hydrogens (tertiary/aromatic N) is 1. The highest BCUT2D eigenvalue weighted by Crippen LogP contribution is 2.41. The largest absolute Gasteiger partial charge is 0.462 e. The van der Waals surface area contributed by atoms with Gasteiger partial charge in [-0.1, -0.05) is 13.0 Å². The highest BCUT2D eigenvalue weighted by atomic mass is 32.2. The number of rotatable bonds is 4. The van der Waals surface area contributed by atoms with E-state index in [1.807, 2.05) is 0 Å². The number of alkyl halides is 3. The summed E-state index contributed by atoms with van der Waals surface area (Å²) < 4.78 is 42.7. The average molecular weight is 303 g/mol. The van der Waals surface area contributed by atoms with Crippen LogP contribution in [0.3, 0.4) is 0 Å². The third kappa shape index (κ3) is 3.90. The lowest BCUT2D eigenvalue weighted by atomic mass is 10.0. The van der Waals surface area contributed by atoms with Gasteiger partial charge >= 0.3 is 11.5 Å². The molecule has 0 aliphatic carbocycles. The maximum atomic E-state index is 12.7. The van der Waals surface area contributed by atoms with Crippen LogP contribution in [0.4, 0.5) is 13.2 Å². The number of carbonyl (C=O) groups is 1. The molecule has 0 radical (unpaired) electrons. The van der Waals surface area contributed by atoms with Crippen LogP contribution in [0, 0.1) is 11.3 Å². The smallest absolute Gasteiger partial charge is 0.446 e. The van der Waals surface area contributed by atoms with Crippen molar-refractivity contribution < 1.29 is 22.7 Å². The minimum atomic E-state index is -4.54. The molecular formula is C13H12F3NO2S. The van der Waals surface area contributed by atoms with E-state index in [1.54, 1.807) is 19.9 Å². The molecule has 0 amide bonds. The Kier molecular flexibility index (Phi) is 5.45. The van der Waals surface area contributed by atoms with Crippen molar-refractivity contribution in [3.8, 4) is 6.07 Å². The zero-order chi connectivity index (χ0) is 15.3. The number of thioether (sulfide) groups is 1. The molecule has 0 aliphatic rings. The van der Waals surface area contributed by atoms with Crippen LogP contribution in [0.1, 0.15) is 35.3 Å². The number of nitriles is 1. The summed E-state index contributed by atoms with van der Waals surface area (Å²) in [6.07, 6.45) is 0.316. The first-order valence-corrected chi connectivity index (χ1v) is 6.64. The zero-order valence-corrected chi connectivity index (χ0v) is 11.7. The van der Waals surface area contributed by atoms with Gasteiger partial charge in [-0.05, 0) is 36.7 Å². The predicted molar refractivity (Wildman–Crippen MR) is 68.4 cm³/mol. The summed E-state index contributed by atoms with van der Waals surface area (Å²) in [7, 11) is 0. The Hall–Kier alpha value is -1.68. The van der Waals surface area contributed by atoms with Crippen LogP contribution in [0.2, 0.25) is 0 Å². The minimum absolute atomic E-state index is 0.0240. The van der Waals surface area contributed by atoms with Crippen molar-refractivity contribution >= 4 is 17.7 Å². The molecule has 1 aromatic carbocycles. The first-order valence-electron chi connectivity index (χ1n) is 5.82. The lowest BCUT2D eigenvalue weighted by molar-refractivity contribution is -0.0328. The van der Waals surface area contributed by atoms with E-state index in [1.165, 1.54) is 12.1 Å². The fourth-order valence-corrected chi connectivity index (χ4v) is 2.51. The Bertz CT molecular complexity index is 550. The Morgan fingerprint density at radius 3 is 2.50 bits per heavy atom. The predicted octanol–water partition coefficient (Wildman–Crippen LogP) is 3.91. The maximum absolute atomic E-state index is 12.7. The SMILES string of the molecule is CCOC(=O)c1c(C#N)ccc(CC)c1SC(F)(F)F. The molecule has 0 N–H and O–H groups in total. The number of halogens is 3. The molecule has 3 nitrogen and oxygen atoms in total. The van der Waals surface area contributed by atoms with E-state index in [-0.39, 0.29) is 34.4 Å². The topological polar surface area (TPSA) is 50.1 Å². The van der Waals surface area contributed by atoms with Gasteiger partial charge in [-0.15, -0.1) is 0 Å². The first-order chi connectivity index (χ1) is 9.34. The van der Waals surface area contributed by atoms with Gasteiger partial charge in [-0.2, -0.15) is 18.4 Å². The van der Waals surface area contributed by atoms with Crippen molar-refractivity contribution in [2.24, 2.45) is 0 Å². The molecule has 1 rings (SSSR count). The Morgan fingerprint density at radius 2 is 2.05 bits per heavy atom. The maximum Gasteiger partial charge on any atom is 0.446 e. The minimum Gasteiger partial charge on any atom is -0.462 e. The van der Waals surface area contributed by atoms with Crippen LogP contribution in [-0.2, 0) is 11.2 Å². The number of ether oxygens (including phenoxy) is 1. The van der Waals surface area contributed by atoms with E-state index in [2.05, 4.69) is 0 Å². The second-order valence-electron chi connectivity index (χ2n) is 3.71. The van der Waals surface area contributed by atoms with Gasteiger partial charge in [0, 0.05) is 4.90 Å². The lowest BCUT2D eigenvalue weighted by Gasteiger charge is -2.15. The fourth-order valence-electron chi connectivity index (χ4n) is 1.64. The third-order valence-electron chi connectivity index (χ3n) is 2.44. The van der Waals surface area contributed by atoms with Gasteiger partial charge in [0.25, 0.3) is 0 Å². The monoisotopic (exact) mass is 303 g/mol. The summed E-state index contributed by atoms with van der Waals surface area (Å²) in [5, 5.41) is 8.97. The van der Waals surface area contributed by atoms with E-state index >= 15 is 0 Å². The van der Waals surface area contributed by atoms with Gasteiger partial charge in [-0.3, -0.25) is 0 Å². The highest BCUT2D eigenvalue weighted by Gasteiger charge is 2.34. The summed E-state index contributed by atoms with van der Waals surface area (Å²) in [4.78, 5) is 11.6. The molecule has 0 unspecified atom stereocenters. The highest BCUT2D eigenvalue weighted by molar-refractivity contribution is 8.00. The average Bonchev–Trinajstić information content (AvgIpc) is 2.36. The fraction of sp³-hybridized carbons (Fsp3) is 0.385. The molecule has 1 aromatic rings. The van der Waals surface area contributed by atoms with E-state index in [4.69, 9.17) is 10.00 Å². The standard InChI is InChI=1S/C13H12F3NO2S/c1-3-8-5-6-9(7-17)10(12(18)19-4-2)11(8)20-13(14,15)16/h5-6H,3-4H2,1-2H3. The summed E-state index contributed by atoms with van der Waals surface area (Å²) in [6.45, 7) is 3.25. The normalized spacial score (nSPS) is 11.0. The molecule has 7 heteroatoms. The van der Waals surface area contributed by atoms with Gasteiger partial charge < -0.3 is 4.74 Å². The number of aryl methyl sites for hydroxylation is 1. The zero-order valence-electron chi connectivity index (χ0n) is 10.9. The number of hydrogen-bond donors (Lipinski definition) is 0. The van der Waals surface area contributed by atoms with Crippen LogP contribution in [-0.4, -0.2) is 18.1 Å². The molecule has 0 fully saturated rings. The molecule has 0 atom stereocenters. The van der Waals surface area contributed by atoms with Gasteiger partial charge in [-0.25, -0.2) is 4.79 Å². The van der Waals surface area contributed by atoms with Crippen LogP contribution in [0.5, 0.6) is 0 Å². The van der Waals surface area contributed by atoms with E-state index < -0.39 is 11.5 Å². The number of benzene rings is 1. The van der Waals surface area contributed by atoms with Gasteiger partial charge in [0.05, 0.1) is 17.7 Å². The van der Waals surface area contributed by atoms with Gasteiger partial charge in [0.2, 0.25) is 0 Å². The van der Waals surface area contributed by atoms with Gasteiger partial charge in [0.15, 0.2) is 0 Å². The first kappa shape index (κ1) is 16.4. The molecule has 0 heterocycles.